The van der Waals surface area contributed by atoms with Crippen LogP contribution in [0.3, 0.4) is 0 Å². The highest BCUT2D eigenvalue weighted by molar-refractivity contribution is 7.91. The fourth-order valence-electron chi connectivity index (χ4n) is 0.641. The van der Waals surface area contributed by atoms with Gasteiger partial charge >= 0.3 is 12.2 Å². The molecule has 0 aromatic carbocycles. The highest BCUT2D eigenvalue weighted by atomic mass is 32.2. The average molecular weight is 240 g/mol. The van der Waals surface area contributed by atoms with E-state index in [4.69, 9.17) is 0 Å². The molecule has 4 N–H and O–H groups in total. The Morgan fingerprint density at radius 2 is 1.27 bits per heavy atom. The van der Waals surface area contributed by atoms with E-state index < -0.39 is 22.0 Å². The Balaban J connectivity index is 3.77. The molecule has 0 spiro atoms. The predicted octanol–water partition coefficient (Wildman–Crippen LogP) is -1.41. The molecule has 0 fully saturated rings. The van der Waals surface area contributed by atoms with Gasteiger partial charge in [-0.3, -0.25) is 0 Å². The first kappa shape index (κ1) is 13.5. The molecule has 2 amide bonds. The van der Waals surface area contributed by atoms with E-state index in [9.17, 15) is 18.0 Å². The van der Waals surface area contributed by atoms with Crippen LogP contribution in [0.25, 0.3) is 0 Å². The van der Waals surface area contributed by atoms with Gasteiger partial charge < -0.3 is 20.9 Å². The predicted molar refractivity (Wildman–Crippen MR) is 49.7 cm³/mol. The van der Waals surface area contributed by atoms with Crippen molar-refractivity contribution in [2.45, 2.75) is 0 Å². The van der Waals surface area contributed by atoms with Crippen molar-refractivity contribution in [2.24, 2.45) is 11.5 Å². The van der Waals surface area contributed by atoms with Crippen molar-refractivity contribution in [3.05, 3.63) is 0 Å². The van der Waals surface area contributed by atoms with Crippen LogP contribution in [-0.4, -0.2) is 45.3 Å². The molecule has 0 saturated heterocycles. The Morgan fingerprint density at radius 1 is 0.933 bits per heavy atom. The van der Waals surface area contributed by atoms with E-state index in [1.807, 2.05) is 0 Å². The standard InChI is InChI=1S/C6H12N2O6S/c7-5(9)13-1-3-15(11,12)4-2-14-6(8)10/h1-4H2,(H2,7,9)(H2,8,10). The summed E-state index contributed by atoms with van der Waals surface area (Å²) in [6.07, 6.45) is -2.09. The maximum atomic E-state index is 11.1. The number of carbonyl (C=O) groups is 2. The highest BCUT2D eigenvalue weighted by Crippen LogP contribution is 1.91. The van der Waals surface area contributed by atoms with Crippen LogP contribution in [0.2, 0.25) is 0 Å². The van der Waals surface area contributed by atoms with Gasteiger partial charge in [0.2, 0.25) is 0 Å². The fraction of sp³-hybridized carbons (Fsp3) is 0.667. The van der Waals surface area contributed by atoms with Gasteiger partial charge in [0.15, 0.2) is 9.84 Å². The van der Waals surface area contributed by atoms with Crippen LogP contribution in [0, 0.1) is 0 Å². The number of amides is 2. The number of sulfone groups is 1. The monoisotopic (exact) mass is 240 g/mol. The Morgan fingerprint density at radius 3 is 1.53 bits per heavy atom. The molecule has 9 heteroatoms. The molecule has 0 aliphatic rings. The van der Waals surface area contributed by atoms with E-state index in [1.165, 1.54) is 0 Å². The van der Waals surface area contributed by atoms with Crippen LogP contribution in [0.4, 0.5) is 9.59 Å². The molecule has 15 heavy (non-hydrogen) atoms. The summed E-state index contributed by atoms with van der Waals surface area (Å²) >= 11 is 0. The summed E-state index contributed by atoms with van der Waals surface area (Å²) in [4.78, 5) is 20.2. The molecular formula is C6H12N2O6S. The minimum atomic E-state index is -3.44. The molecule has 0 radical (unpaired) electrons. The number of ether oxygens (including phenoxy) is 2. The third-order valence-corrected chi connectivity index (χ3v) is 2.85. The molecule has 0 rings (SSSR count). The zero-order chi connectivity index (χ0) is 11.9. The second-order valence-electron chi connectivity index (χ2n) is 2.49. The smallest absolute Gasteiger partial charge is 0.404 e. The SMILES string of the molecule is NC(=O)OCCS(=O)(=O)CCOC(N)=O. The normalized spacial score (nSPS) is 10.7. The second-order valence-corrected chi connectivity index (χ2v) is 4.79. The van der Waals surface area contributed by atoms with E-state index in [0.29, 0.717) is 0 Å². The van der Waals surface area contributed by atoms with Crippen LogP contribution in [0.1, 0.15) is 0 Å². The van der Waals surface area contributed by atoms with E-state index >= 15 is 0 Å². The largest absolute Gasteiger partial charge is 0.449 e. The van der Waals surface area contributed by atoms with Gasteiger partial charge in [0.25, 0.3) is 0 Å². The zero-order valence-corrected chi connectivity index (χ0v) is 8.66. The number of nitrogens with two attached hydrogens (primary N) is 2. The van der Waals surface area contributed by atoms with Gasteiger partial charge in [-0.15, -0.1) is 0 Å². The summed E-state index contributed by atoms with van der Waals surface area (Å²) in [6.45, 7) is -0.650. The maximum absolute atomic E-state index is 11.1. The van der Waals surface area contributed by atoms with Gasteiger partial charge in [-0.05, 0) is 0 Å². The molecule has 0 atom stereocenters. The number of hydrogen-bond donors (Lipinski definition) is 2. The van der Waals surface area contributed by atoms with Crippen LogP contribution >= 0.6 is 0 Å². The first-order chi connectivity index (χ1) is 6.83. The first-order valence-corrected chi connectivity index (χ1v) is 5.70. The minimum Gasteiger partial charge on any atom is -0.449 e. The molecule has 8 nitrogen and oxygen atoms in total. The average Bonchev–Trinajstić information content (AvgIpc) is 2.01. The summed E-state index contributed by atoms with van der Waals surface area (Å²) in [7, 11) is -3.44. The third-order valence-electron chi connectivity index (χ3n) is 1.28. The summed E-state index contributed by atoms with van der Waals surface area (Å²) in [5.41, 5.74) is 9.24. The van der Waals surface area contributed by atoms with E-state index in [2.05, 4.69) is 20.9 Å². The van der Waals surface area contributed by atoms with Crippen molar-refractivity contribution in [1.29, 1.82) is 0 Å². The Kier molecular flexibility index (Phi) is 5.45. The van der Waals surface area contributed by atoms with Crippen LogP contribution in [-0.2, 0) is 19.3 Å². The lowest BCUT2D eigenvalue weighted by atomic mass is 10.8. The quantitative estimate of drug-likeness (QED) is 0.584. The summed E-state index contributed by atoms with van der Waals surface area (Å²) < 4.78 is 30.7. The summed E-state index contributed by atoms with van der Waals surface area (Å²) in [5.74, 6) is -0.754. The fourth-order valence-corrected chi connectivity index (χ4v) is 1.52. The third kappa shape index (κ3) is 8.81. The van der Waals surface area contributed by atoms with E-state index in [1.54, 1.807) is 0 Å². The van der Waals surface area contributed by atoms with Gasteiger partial charge in [0.1, 0.15) is 13.2 Å². The van der Waals surface area contributed by atoms with Gasteiger partial charge in [-0.1, -0.05) is 0 Å². The zero-order valence-electron chi connectivity index (χ0n) is 7.84. The summed E-state index contributed by atoms with van der Waals surface area (Å²) in [5, 5.41) is 0. The molecule has 0 unspecified atom stereocenters. The lowest BCUT2D eigenvalue weighted by molar-refractivity contribution is 0.163. The minimum absolute atomic E-state index is 0.325. The Hall–Kier alpha value is -1.51. The first-order valence-electron chi connectivity index (χ1n) is 3.88. The van der Waals surface area contributed by atoms with Crippen molar-refractivity contribution < 1.29 is 27.5 Å². The molecule has 0 heterocycles. The number of hydrogen-bond acceptors (Lipinski definition) is 6. The number of rotatable bonds is 6. The van der Waals surface area contributed by atoms with Gasteiger partial charge in [0.05, 0.1) is 11.5 Å². The van der Waals surface area contributed by atoms with Crippen molar-refractivity contribution in [2.75, 3.05) is 24.7 Å². The molecule has 0 saturated carbocycles. The lowest BCUT2D eigenvalue weighted by Gasteiger charge is -2.04. The highest BCUT2D eigenvalue weighted by Gasteiger charge is 2.12. The van der Waals surface area contributed by atoms with Crippen LogP contribution in [0.15, 0.2) is 0 Å². The molecule has 0 aromatic rings. The van der Waals surface area contributed by atoms with Crippen molar-refractivity contribution in [1.82, 2.24) is 0 Å². The topological polar surface area (TPSA) is 139 Å². The van der Waals surface area contributed by atoms with Crippen LogP contribution < -0.4 is 11.5 Å². The molecule has 0 aliphatic heterocycles. The van der Waals surface area contributed by atoms with E-state index in [0.717, 1.165) is 0 Å². The lowest BCUT2D eigenvalue weighted by Crippen LogP contribution is -2.24. The van der Waals surface area contributed by atoms with Crippen LogP contribution in [0.5, 0.6) is 0 Å². The molecule has 88 valence electrons. The second kappa shape index (κ2) is 6.06. The Labute approximate surface area is 86.4 Å². The van der Waals surface area contributed by atoms with Crippen molar-refractivity contribution in [3.8, 4) is 0 Å². The molecular weight excluding hydrogens is 228 g/mol. The van der Waals surface area contributed by atoms with E-state index in [-0.39, 0.29) is 24.7 Å². The van der Waals surface area contributed by atoms with Crippen molar-refractivity contribution >= 4 is 22.0 Å². The maximum Gasteiger partial charge on any atom is 0.404 e. The van der Waals surface area contributed by atoms with Crippen molar-refractivity contribution in [3.63, 3.8) is 0 Å². The molecule has 0 aromatic heterocycles. The number of primary amides is 2. The molecule has 0 bridgehead atoms. The Bertz CT molecular complexity index is 299. The van der Waals surface area contributed by atoms with Gasteiger partial charge in [0, 0.05) is 0 Å². The van der Waals surface area contributed by atoms with Gasteiger partial charge in [-0.2, -0.15) is 0 Å². The summed E-state index contributed by atoms with van der Waals surface area (Å²) in [6, 6.07) is 0. The molecule has 0 aliphatic carbocycles. The van der Waals surface area contributed by atoms with Gasteiger partial charge in [-0.25, -0.2) is 18.0 Å². The number of carbonyl (C=O) groups excluding carboxylic acids is 2.